The average molecular weight is 318 g/mol. The zero-order valence-electron chi connectivity index (χ0n) is 13.1. The lowest BCUT2D eigenvalue weighted by molar-refractivity contribution is 0.200. The predicted molar refractivity (Wildman–Crippen MR) is 86.4 cm³/mol. The van der Waals surface area contributed by atoms with Crippen LogP contribution in [0.5, 0.6) is 0 Å². The van der Waals surface area contributed by atoms with Crippen molar-refractivity contribution >= 4 is 5.82 Å². The van der Waals surface area contributed by atoms with Gasteiger partial charge in [0.2, 0.25) is 0 Å². The number of rotatable bonds is 3. The maximum Gasteiger partial charge on any atom is 0.334 e. The van der Waals surface area contributed by atoms with E-state index in [-0.39, 0.29) is 11.4 Å². The van der Waals surface area contributed by atoms with Gasteiger partial charge in [0.05, 0.1) is 17.9 Å². The fourth-order valence-corrected chi connectivity index (χ4v) is 2.75. The normalized spacial score (nSPS) is 15.8. The standard InChI is InChI=1S/C16H19FN4O2/c1-3-10(2)20-8-13-14(18-9-20)21(16(23)19-15(13)22)12-6-4-11(17)5-7-12/h4-7,10,18H,3,8-9H2,1-2H3,(H,19,22,23)/t10-/m0/s1. The Morgan fingerprint density at radius 1 is 1.26 bits per heavy atom. The van der Waals surface area contributed by atoms with Crippen molar-refractivity contribution in [3.8, 4) is 5.69 Å². The monoisotopic (exact) mass is 318 g/mol. The maximum absolute atomic E-state index is 13.1. The number of H-pyrrole nitrogens is 1. The summed E-state index contributed by atoms with van der Waals surface area (Å²) in [5.41, 5.74) is 0.0996. The Bertz CT molecular complexity index is 825. The average Bonchev–Trinajstić information content (AvgIpc) is 2.55. The second kappa shape index (κ2) is 6.00. The first-order valence-corrected chi connectivity index (χ1v) is 7.63. The smallest absolute Gasteiger partial charge is 0.334 e. The van der Waals surface area contributed by atoms with Crippen molar-refractivity contribution in [3.05, 3.63) is 56.5 Å². The molecule has 0 bridgehead atoms. The third kappa shape index (κ3) is 2.79. The van der Waals surface area contributed by atoms with Crippen LogP contribution in [0.25, 0.3) is 5.69 Å². The highest BCUT2D eigenvalue weighted by molar-refractivity contribution is 5.51. The van der Waals surface area contributed by atoms with Crippen molar-refractivity contribution in [1.29, 1.82) is 0 Å². The van der Waals surface area contributed by atoms with Gasteiger partial charge in [0.15, 0.2) is 0 Å². The fraction of sp³-hybridized carbons (Fsp3) is 0.375. The van der Waals surface area contributed by atoms with E-state index in [1.807, 2.05) is 0 Å². The van der Waals surface area contributed by atoms with Gasteiger partial charge in [0.25, 0.3) is 5.56 Å². The van der Waals surface area contributed by atoms with Gasteiger partial charge in [0.1, 0.15) is 11.6 Å². The number of fused-ring (bicyclic) bond motifs is 1. The van der Waals surface area contributed by atoms with E-state index in [1.54, 1.807) is 0 Å². The van der Waals surface area contributed by atoms with Gasteiger partial charge in [-0.05, 0) is 37.6 Å². The van der Waals surface area contributed by atoms with E-state index in [0.717, 1.165) is 6.42 Å². The molecule has 7 heteroatoms. The largest absolute Gasteiger partial charge is 0.358 e. The molecule has 0 spiro atoms. The summed E-state index contributed by atoms with van der Waals surface area (Å²) in [5, 5.41) is 3.17. The van der Waals surface area contributed by atoms with Crippen LogP contribution in [0.1, 0.15) is 25.8 Å². The van der Waals surface area contributed by atoms with E-state index in [4.69, 9.17) is 0 Å². The summed E-state index contributed by atoms with van der Waals surface area (Å²) in [6.07, 6.45) is 0.965. The van der Waals surface area contributed by atoms with Gasteiger partial charge in [-0.2, -0.15) is 0 Å². The van der Waals surface area contributed by atoms with Crippen LogP contribution in [0.15, 0.2) is 33.9 Å². The summed E-state index contributed by atoms with van der Waals surface area (Å²) < 4.78 is 14.5. The van der Waals surface area contributed by atoms with E-state index < -0.39 is 5.69 Å². The Labute approximate surface area is 132 Å². The molecule has 0 unspecified atom stereocenters. The second-order valence-electron chi connectivity index (χ2n) is 5.74. The Balaban J connectivity index is 2.12. The first-order chi connectivity index (χ1) is 11.0. The molecule has 23 heavy (non-hydrogen) atoms. The summed E-state index contributed by atoms with van der Waals surface area (Å²) in [6, 6.07) is 5.92. The Kier molecular flexibility index (Phi) is 4.04. The van der Waals surface area contributed by atoms with Gasteiger partial charge >= 0.3 is 5.69 Å². The quantitative estimate of drug-likeness (QED) is 0.903. The molecule has 0 amide bonds. The number of anilines is 1. The molecule has 2 heterocycles. The lowest BCUT2D eigenvalue weighted by Gasteiger charge is -2.34. The van der Waals surface area contributed by atoms with Crippen molar-refractivity contribution in [2.24, 2.45) is 0 Å². The van der Waals surface area contributed by atoms with Crippen LogP contribution in [0.4, 0.5) is 10.2 Å². The highest BCUT2D eigenvalue weighted by Gasteiger charge is 2.25. The van der Waals surface area contributed by atoms with Crippen molar-refractivity contribution in [2.75, 3.05) is 12.0 Å². The molecule has 0 fully saturated rings. The predicted octanol–water partition coefficient (Wildman–Crippen LogP) is 1.65. The molecular weight excluding hydrogens is 299 g/mol. The molecule has 1 aromatic carbocycles. The Morgan fingerprint density at radius 2 is 1.96 bits per heavy atom. The number of nitrogens with zero attached hydrogens (tertiary/aromatic N) is 2. The zero-order chi connectivity index (χ0) is 16.6. The molecule has 0 saturated heterocycles. The molecule has 2 aromatic rings. The van der Waals surface area contributed by atoms with Crippen LogP contribution in [-0.2, 0) is 6.54 Å². The minimum atomic E-state index is -0.537. The molecule has 6 nitrogen and oxygen atoms in total. The van der Waals surface area contributed by atoms with E-state index >= 15 is 0 Å². The third-order valence-corrected chi connectivity index (χ3v) is 4.32. The minimum Gasteiger partial charge on any atom is -0.358 e. The van der Waals surface area contributed by atoms with Gasteiger partial charge in [-0.25, -0.2) is 13.8 Å². The number of hydrogen-bond donors (Lipinski definition) is 2. The third-order valence-electron chi connectivity index (χ3n) is 4.32. The summed E-state index contributed by atoms with van der Waals surface area (Å²) in [4.78, 5) is 28.9. The van der Waals surface area contributed by atoms with Gasteiger partial charge in [-0.3, -0.25) is 14.7 Å². The van der Waals surface area contributed by atoms with Gasteiger partial charge in [-0.1, -0.05) is 6.92 Å². The number of hydrogen-bond acceptors (Lipinski definition) is 4. The van der Waals surface area contributed by atoms with Crippen LogP contribution in [0.3, 0.4) is 0 Å². The van der Waals surface area contributed by atoms with Crippen molar-refractivity contribution in [3.63, 3.8) is 0 Å². The summed E-state index contributed by atoms with van der Waals surface area (Å²) in [7, 11) is 0. The maximum atomic E-state index is 13.1. The van der Waals surface area contributed by atoms with Gasteiger partial charge in [0, 0.05) is 12.6 Å². The number of aromatic amines is 1. The van der Waals surface area contributed by atoms with Gasteiger partial charge < -0.3 is 5.32 Å². The minimum absolute atomic E-state index is 0.321. The SMILES string of the molecule is CC[C@H](C)N1CNc2c(c(=O)[nH]c(=O)n2-c2ccc(F)cc2)C1. The molecule has 2 N–H and O–H groups in total. The van der Waals surface area contributed by atoms with E-state index in [2.05, 4.69) is 29.0 Å². The van der Waals surface area contributed by atoms with Crippen LogP contribution in [0.2, 0.25) is 0 Å². The summed E-state index contributed by atoms with van der Waals surface area (Å²) >= 11 is 0. The molecule has 3 rings (SSSR count). The lowest BCUT2D eigenvalue weighted by Crippen LogP contribution is -2.45. The number of benzene rings is 1. The first-order valence-electron chi connectivity index (χ1n) is 7.63. The first kappa shape index (κ1) is 15.5. The molecular formula is C16H19FN4O2. The molecule has 1 aliphatic rings. The molecule has 0 saturated carbocycles. The highest BCUT2D eigenvalue weighted by Crippen LogP contribution is 2.22. The van der Waals surface area contributed by atoms with Crippen LogP contribution < -0.4 is 16.6 Å². The molecule has 0 aliphatic carbocycles. The Morgan fingerprint density at radius 3 is 2.61 bits per heavy atom. The van der Waals surface area contributed by atoms with Gasteiger partial charge in [-0.15, -0.1) is 0 Å². The number of halogens is 1. The number of aromatic nitrogens is 2. The van der Waals surface area contributed by atoms with E-state index in [0.29, 0.717) is 36.3 Å². The zero-order valence-corrected chi connectivity index (χ0v) is 13.1. The molecule has 122 valence electrons. The molecule has 0 radical (unpaired) electrons. The van der Waals surface area contributed by atoms with Crippen molar-refractivity contribution in [2.45, 2.75) is 32.9 Å². The lowest BCUT2D eigenvalue weighted by atomic mass is 10.1. The van der Waals surface area contributed by atoms with Crippen LogP contribution in [-0.4, -0.2) is 27.2 Å². The van der Waals surface area contributed by atoms with E-state index in [9.17, 15) is 14.0 Å². The Hall–Kier alpha value is -2.41. The van der Waals surface area contributed by atoms with Crippen molar-refractivity contribution in [1.82, 2.24) is 14.5 Å². The van der Waals surface area contributed by atoms with Crippen molar-refractivity contribution < 1.29 is 4.39 Å². The highest BCUT2D eigenvalue weighted by atomic mass is 19.1. The fourth-order valence-electron chi connectivity index (χ4n) is 2.75. The van der Waals surface area contributed by atoms with E-state index in [1.165, 1.54) is 28.8 Å². The molecule has 1 aliphatic heterocycles. The second-order valence-corrected chi connectivity index (χ2v) is 5.74. The van der Waals surface area contributed by atoms with Crippen LogP contribution in [0, 0.1) is 5.82 Å². The number of nitrogens with one attached hydrogen (secondary N) is 2. The van der Waals surface area contributed by atoms with Crippen LogP contribution >= 0.6 is 0 Å². The topological polar surface area (TPSA) is 70.1 Å². The molecule has 1 aromatic heterocycles. The molecule has 1 atom stereocenters. The summed E-state index contributed by atoms with van der Waals surface area (Å²) in [5.74, 6) is 0.0981. The summed E-state index contributed by atoms with van der Waals surface area (Å²) in [6.45, 7) is 5.20.